The van der Waals surface area contributed by atoms with Gasteiger partial charge in [-0.05, 0) is 17.7 Å². The highest BCUT2D eigenvalue weighted by atomic mass is 16.3. The molecule has 0 aliphatic carbocycles. The summed E-state index contributed by atoms with van der Waals surface area (Å²) < 4.78 is 7.15. The van der Waals surface area contributed by atoms with Crippen LogP contribution in [0, 0.1) is 0 Å². The lowest BCUT2D eigenvalue weighted by Gasteiger charge is -2.07. The topological polar surface area (TPSA) is 59.0 Å². The van der Waals surface area contributed by atoms with Gasteiger partial charge in [0.2, 0.25) is 6.04 Å². The molecule has 0 saturated heterocycles. The van der Waals surface area contributed by atoms with Gasteiger partial charge in [0.1, 0.15) is 23.3 Å². The zero-order chi connectivity index (χ0) is 19.6. The van der Waals surface area contributed by atoms with Crippen LogP contribution in [-0.4, -0.2) is 16.9 Å². The summed E-state index contributed by atoms with van der Waals surface area (Å²) in [6, 6.07) is 23.5. The molecule has 5 nitrogen and oxygen atoms in total. The summed E-state index contributed by atoms with van der Waals surface area (Å²) >= 11 is 0. The van der Waals surface area contributed by atoms with Gasteiger partial charge in [0.15, 0.2) is 0 Å². The fourth-order valence-electron chi connectivity index (χ4n) is 3.70. The van der Waals surface area contributed by atoms with Gasteiger partial charge in [-0.25, -0.2) is 9.78 Å². The third kappa shape index (κ3) is 3.43. The van der Waals surface area contributed by atoms with E-state index < -0.39 is 0 Å². The first-order valence-corrected chi connectivity index (χ1v) is 9.66. The molecule has 4 aromatic rings. The number of furan rings is 1. The number of nitrogens with one attached hydrogen (secondary N) is 1. The van der Waals surface area contributed by atoms with Crippen molar-refractivity contribution in [2.45, 2.75) is 18.9 Å². The van der Waals surface area contributed by atoms with E-state index in [1.807, 2.05) is 66.9 Å². The Morgan fingerprint density at radius 3 is 2.45 bits per heavy atom. The number of anilines is 1. The summed E-state index contributed by atoms with van der Waals surface area (Å²) in [5, 5.41) is 3.38. The minimum atomic E-state index is -0.372. The van der Waals surface area contributed by atoms with Gasteiger partial charge in [0.25, 0.3) is 0 Å². The third-order valence-electron chi connectivity index (χ3n) is 5.14. The van der Waals surface area contributed by atoms with Crippen LogP contribution >= 0.6 is 0 Å². The first kappa shape index (κ1) is 17.4. The molecule has 29 heavy (non-hydrogen) atoms. The number of carbonyl (C=O) groups excluding carboxylic acids is 1. The zero-order valence-corrected chi connectivity index (χ0v) is 15.8. The number of carbonyl (C=O) groups is 1. The highest BCUT2D eigenvalue weighted by Gasteiger charge is 2.41. The maximum atomic E-state index is 13.1. The van der Waals surface area contributed by atoms with Crippen molar-refractivity contribution in [1.82, 2.24) is 4.98 Å². The normalized spacial score (nSPS) is 15.2. The Bertz CT molecular complexity index is 1140. The molecule has 1 aliphatic heterocycles. The molecule has 0 amide bonds. The summed E-state index contributed by atoms with van der Waals surface area (Å²) in [6.45, 7) is 0. The van der Waals surface area contributed by atoms with Gasteiger partial charge in [0.05, 0.1) is 12.7 Å². The van der Waals surface area contributed by atoms with E-state index >= 15 is 0 Å². The second kappa shape index (κ2) is 7.36. The van der Waals surface area contributed by atoms with E-state index in [1.54, 1.807) is 10.8 Å². The van der Waals surface area contributed by atoms with Crippen molar-refractivity contribution < 1.29 is 13.8 Å². The fourth-order valence-corrected chi connectivity index (χ4v) is 3.70. The molecule has 1 aliphatic rings. The molecule has 5 heteroatoms. The van der Waals surface area contributed by atoms with Gasteiger partial charge in [-0.15, -0.1) is 0 Å². The third-order valence-corrected chi connectivity index (χ3v) is 5.14. The van der Waals surface area contributed by atoms with E-state index in [2.05, 4.69) is 17.4 Å². The molecule has 0 bridgehead atoms. The monoisotopic (exact) mass is 382 g/mol. The van der Waals surface area contributed by atoms with Gasteiger partial charge >= 0.3 is 11.7 Å². The number of nitrogens with zero attached hydrogens (tertiary/aromatic N) is 2. The Hall–Kier alpha value is -3.73. The van der Waals surface area contributed by atoms with Crippen LogP contribution in [0.4, 0.5) is 5.82 Å². The molecular formula is C24H20N3O2+. The number of hydrogen-bond acceptors (Lipinski definition) is 4. The molecule has 0 spiro atoms. The molecule has 1 unspecified atom stereocenters. The zero-order valence-electron chi connectivity index (χ0n) is 15.8. The summed E-state index contributed by atoms with van der Waals surface area (Å²) in [6.07, 6.45) is 4.60. The predicted molar refractivity (Wildman–Crippen MR) is 110 cm³/mol. The van der Waals surface area contributed by atoms with Gasteiger partial charge in [-0.2, -0.15) is 4.57 Å². The Morgan fingerprint density at radius 2 is 1.72 bits per heavy atom. The molecule has 5 rings (SSSR count). The van der Waals surface area contributed by atoms with Crippen LogP contribution in [0.5, 0.6) is 0 Å². The number of hydrogen-bond donors (Lipinski definition) is 1. The number of aromatic nitrogens is 2. The highest BCUT2D eigenvalue weighted by molar-refractivity contribution is 5.82. The first-order valence-electron chi connectivity index (χ1n) is 9.66. The molecule has 2 aromatic heterocycles. The highest BCUT2D eigenvalue weighted by Crippen LogP contribution is 2.24. The molecule has 0 fully saturated rings. The van der Waals surface area contributed by atoms with Gasteiger partial charge < -0.3 is 4.42 Å². The molecule has 0 radical (unpaired) electrons. The van der Waals surface area contributed by atoms with Crippen LogP contribution in [0.2, 0.25) is 0 Å². The average Bonchev–Trinajstić information content (AvgIpc) is 3.38. The van der Waals surface area contributed by atoms with Crippen LogP contribution in [0.25, 0.3) is 11.3 Å². The Labute approximate surface area is 168 Å². The average molecular weight is 382 g/mol. The molecular weight excluding hydrogens is 362 g/mol. The lowest BCUT2D eigenvalue weighted by atomic mass is 10.1. The fraction of sp³-hybridized carbons (Fsp3) is 0.125. The molecule has 3 heterocycles. The Morgan fingerprint density at radius 1 is 0.966 bits per heavy atom. The van der Waals surface area contributed by atoms with Crippen molar-refractivity contribution in [3.63, 3.8) is 0 Å². The SMILES string of the molecule is O=C1C(Cc2ccco2)Nc2c(Cc3ccccc3)nc(-c3ccccc3)c[n+]21. The molecule has 1 atom stereocenters. The van der Waals surface area contributed by atoms with Gasteiger partial charge in [-0.1, -0.05) is 60.7 Å². The standard InChI is InChI=1S/C24H19N3O2/c28-24-21(15-19-12-7-13-29-19)26-23-20(14-17-8-3-1-4-9-17)25-22(16-27(23)24)18-10-5-2-6-11-18/h1-13,16,21H,14-15H2/p+1. The molecule has 0 saturated carbocycles. The van der Waals surface area contributed by atoms with Crippen molar-refractivity contribution in [2.75, 3.05) is 5.32 Å². The van der Waals surface area contributed by atoms with Crippen LogP contribution in [0.1, 0.15) is 21.8 Å². The summed E-state index contributed by atoms with van der Waals surface area (Å²) in [7, 11) is 0. The maximum absolute atomic E-state index is 13.1. The number of benzene rings is 2. The Balaban J connectivity index is 1.56. The lowest BCUT2D eigenvalue weighted by molar-refractivity contribution is -0.552. The summed E-state index contributed by atoms with van der Waals surface area (Å²) in [5.41, 5.74) is 3.78. The summed E-state index contributed by atoms with van der Waals surface area (Å²) in [4.78, 5) is 18.1. The van der Waals surface area contributed by atoms with Crippen LogP contribution in [-0.2, 0) is 12.8 Å². The van der Waals surface area contributed by atoms with Crippen molar-refractivity contribution in [2.24, 2.45) is 0 Å². The molecule has 142 valence electrons. The smallest absolute Gasteiger partial charge is 0.359 e. The second-order valence-electron chi connectivity index (χ2n) is 7.14. The quantitative estimate of drug-likeness (QED) is 0.532. The van der Waals surface area contributed by atoms with Gasteiger partial charge in [0, 0.05) is 12.0 Å². The minimum Gasteiger partial charge on any atom is -0.469 e. The van der Waals surface area contributed by atoms with Crippen molar-refractivity contribution in [1.29, 1.82) is 0 Å². The van der Waals surface area contributed by atoms with E-state index in [-0.39, 0.29) is 11.9 Å². The van der Waals surface area contributed by atoms with Crippen molar-refractivity contribution in [3.8, 4) is 11.3 Å². The Kier molecular flexibility index (Phi) is 4.41. The largest absolute Gasteiger partial charge is 0.469 e. The predicted octanol–water partition coefficient (Wildman–Crippen LogP) is 3.90. The maximum Gasteiger partial charge on any atom is 0.359 e. The summed E-state index contributed by atoms with van der Waals surface area (Å²) in [5.74, 6) is 1.55. The van der Waals surface area contributed by atoms with Crippen LogP contribution in [0.3, 0.4) is 0 Å². The van der Waals surface area contributed by atoms with Crippen molar-refractivity contribution in [3.05, 3.63) is 102 Å². The number of rotatable bonds is 5. The number of fused-ring (bicyclic) bond motifs is 1. The van der Waals surface area contributed by atoms with E-state index in [0.29, 0.717) is 12.8 Å². The van der Waals surface area contributed by atoms with Crippen molar-refractivity contribution >= 4 is 11.7 Å². The van der Waals surface area contributed by atoms with E-state index in [1.165, 1.54) is 0 Å². The van der Waals surface area contributed by atoms with Gasteiger partial charge in [-0.3, -0.25) is 5.32 Å². The van der Waals surface area contributed by atoms with E-state index in [0.717, 1.165) is 34.1 Å². The lowest BCUT2D eigenvalue weighted by Crippen LogP contribution is -2.44. The minimum absolute atomic E-state index is 0.00490. The molecule has 2 aromatic carbocycles. The van der Waals surface area contributed by atoms with Crippen LogP contribution < -0.4 is 9.88 Å². The second-order valence-corrected chi connectivity index (χ2v) is 7.14. The first-order chi connectivity index (χ1) is 14.3. The van der Waals surface area contributed by atoms with E-state index in [4.69, 9.17) is 9.40 Å². The van der Waals surface area contributed by atoms with Crippen LogP contribution in [0.15, 0.2) is 89.7 Å². The molecule has 1 N–H and O–H groups in total. The van der Waals surface area contributed by atoms with E-state index in [9.17, 15) is 4.79 Å².